The van der Waals surface area contributed by atoms with Crippen LogP contribution in [0.15, 0.2) is 60.8 Å². The molecule has 1 saturated heterocycles. The molecule has 4 heterocycles. The van der Waals surface area contributed by atoms with Gasteiger partial charge < -0.3 is 14.8 Å². The van der Waals surface area contributed by atoms with E-state index in [0.29, 0.717) is 31.3 Å². The van der Waals surface area contributed by atoms with Crippen molar-refractivity contribution in [2.24, 2.45) is 5.41 Å². The summed E-state index contributed by atoms with van der Waals surface area (Å²) in [6.45, 7) is 3.69. The first-order valence-electron chi connectivity index (χ1n) is 10.7. The summed E-state index contributed by atoms with van der Waals surface area (Å²) in [5, 5.41) is 6.93. The highest BCUT2D eigenvalue weighted by atomic mass is 19.4. The fourth-order valence-electron chi connectivity index (χ4n) is 3.65. The zero-order valence-corrected chi connectivity index (χ0v) is 18.5. The Hall–Kier alpha value is -3.99. The molecule has 1 fully saturated rings. The molecule has 1 N–H and O–H groups in total. The Morgan fingerprint density at radius 2 is 1.94 bits per heavy atom. The number of ether oxygens (including phenoxy) is 2. The number of aromatic nitrogens is 4. The van der Waals surface area contributed by atoms with Crippen molar-refractivity contribution >= 4 is 17.4 Å². The van der Waals surface area contributed by atoms with Crippen LogP contribution in [0.4, 0.5) is 19.0 Å². The number of carbonyl (C=O) groups excluding carboxylic acids is 1. The summed E-state index contributed by atoms with van der Waals surface area (Å²) in [5.41, 5.74) is -0.575. The molecular weight excluding hydrogens is 463 g/mol. The molecule has 0 radical (unpaired) electrons. The second-order valence-corrected chi connectivity index (χ2v) is 8.58. The molecule has 11 heteroatoms. The molecule has 35 heavy (non-hydrogen) atoms. The quantitative estimate of drug-likeness (QED) is 0.435. The molecule has 0 spiro atoms. The third-order valence-corrected chi connectivity index (χ3v) is 5.54. The lowest BCUT2D eigenvalue weighted by atomic mass is 9.90. The summed E-state index contributed by atoms with van der Waals surface area (Å²) >= 11 is 0. The van der Waals surface area contributed by atoms with Crippen LogP contribution in [0, 0.1) is 5.41 Å². The SMILES string of the molecule is CC1(COc2cccc(NC(=O)c3cnc4ccc(-c5ccccc5C(F)(F)F)nn34)n2)COC1. The summed E-state index contributed by atoms with van der Waals surface area (Å²) < 4.78 is 52.6. The Kier molecular flexibility index (Phi) is 5.64. The van der Waals surface area contributed by atoms with Gasteiger partial charge in [0.15, 0.2) is 11.3 Å². The highest BCUT2D eigenvalue weighted by Gasteiger charge is 2.35. The first-order chi connectivity index (χ1) is 16.7. The lowest BCUT2D eigenvalue weighted by Gasteiger charge is -2.37. The van der Waals surface area contributed by atoms with Gasteiger partial charge in [0.05, 0.1) is 37.3 Å². The average Bonchev–Trinajstić information content (AvgIpc) is 3.25. The van der Waals surface area contributed by atoms with Gasteiger partial charge >= 0.3 is 6.18 Å². The number of alkyl halides is 3. The van der Waals surface area contributed by atoms with Crippen molar-refractivity contribution in [1.29, 1.82) is 0 Å². The van der Waals surface area contributed by atoms with E-state index in [-0.39, 0.29) is 28.2 Å². The molecule has 1 aromatic carbocycles. The highest BCUT2D eigenvalue weighted by Crippen LogP contribution is 2.36. The van der Waals surface area contributed by atoms with Gasteiger partial charge in [-0.25, -0.2) is 9.50 Å². The summed E-state index contributed by atoms with van der Waals surface area (Å²) in [5.74, 6) is 0.0181. The number of carbonyl (C=O) groups is 1. The number of hydrogen-bond acceptors (Lipinski definition) is 6. The Balaban J connectivity index is 1.39. The van der Waals surface area contributed by atoms with Crippen LogP contribution in [0.5, 0.6) is 5.88 Å². The third-order valence-electron chi connectivity index (χ3n) is 5.54. The molecule has 4 aromatic rings. The van der Waals surface area contributed by atoms with Crippen LogP contribution < -0.4 is 10.1 Å². The molecule has 3 aromatic heterocycles. The molecule has 8 nitrogen and oxygen atoms in total. The van der Waals surface area contributed by atoms with Crippen molar-refractivity contribution in [3.8, 4) is 17.1 Å². The van der Waals surface area contributed by atoms with Gasteiger partial charge in [-0.3, -0.25) is 4.79 Å². The monoisotopic (exact) mass is 483 g/mol. The molecule has 0 unspecified atom stereocenters. The van der Waals surface area contributed by atoms with Gasteiger partial charge in [0.1, 0.15) is 5.82 Å². The van der Waals surface area contributed by atoms with E-state index in [1.165, 1.54) is 41.0 Å². The predicted octanol–water partition coefficient (Wildman–Crippen LogP) is 4.48. The molecule has 0 saturated carbocycles. The largest absolute Gasteiger partial charge is 0.477 e. The van der Waals surface area contributed by atoms with Crippen molar-refractivity contribution in [3.05, 3.63) is 72.1 Å². The summed E-state index contributed by atoms with van der Waals surface area (Å²) in [6, 6.07) is 13.0. The molecule has 1 amide bonds. The number of rotatable bonds is 6. The zero-order valence-electron chi connectivity index (χ0n) is 18.5. The summed E-state index contributed by atoms with van der Waals surface area (Å²) in [6.07, 6.45) is -3.25. The minimum Gasteiger partial charge on any atom is -0.477 e. The smallest absolute Gasteiger partial charge is 0.417 e. The van der Waals surface area contributed by atoms with Crippen LogP contribution in [0.3, 0.4) is 0 Å². The first kappa shape index (κ1) is 22.8. The van der Waals surface area contributed by atoms with Crippen LogP contribution in [0.2, 0.25) is 0 Å². The van der Waals surface area contributed by atoms with E-state index >= 15 is 0 Å². The van der Waals surface area contributed by atoms with E-state index in [2.05, 4.69) is 20.4 Å². The van der Waals surface area contributed by atoms with Crippen molar-refractivity contribution in [2.45, 2.75) is 13.1 Å². The summed E-state index contributed by atoms with van der Waals surface area (Å²) in [4.78, 5) is 21.4. The Morgan fingerprint density at radius 1 is 1.14 bits per heavy atom. The number of imidazole rings is 1. The van der Waals surface area contributed by atoms with E-state index in [4.69, 9.17) is 9.47 Å². The number of hydrogen-bond donors (Lipinski definition) is 1. The van der Waals surface area contributed by atoms with Crippen LogP contribution >= 0.6 is 0 Å². The van der Waals surface area contributed by atoms with Crippen LogP contribution in [-0.4, -0.2) is 45.3 Å². The van der Waals surface area contributed by atoms with Gasteiger partial charge in [0.2, 0.25) is 5.88 Å². The second-order valence-electron chi connectivity index (χ2n) is 8.58. The van der Waals surface area contributed by atoms with Crippen molar-refractivity contribution in [1.82, 2.24) is 19.6 Å². The van der Waals surface area contributed by atoms with Gasteiger partial charge in [-0.05, 0) is 24.3 Å². The number of nitrogens with one attached hydrogen (secondary N) is 1. The predicted molar refractivity (Wildman–Crippen MR) is 120 cm³/mol. The van der Waals surface area contributed by atoms with Crippen molar-refractivity contribution < 1.29 is 27.4 Å². The number of amides is 1. The van der Waals surface area contributed by atoms with E-state index in [1.54, 1.807) is 18.2 Å². The minimum absolute atomic E-state index is 0.0404. The number of pyridine rings is 1. The van der Waals surface area contributed by atoms with E-state index < -0.39 is 17.6 Å². The maximum atomic E-state index is 13.5. The fraction of sp³-hybridized carbons (Fsp3) is 0.250. The van der Waals surface area contributed by atoms with Gasteiger partial charge in [-0.2, -0.15) is 23.3 Å². The van der Waals surface area contributed by atoms with Gasteiger partial charge in [0.25, 0.3) is 5.91 Å². The molecular formula is C24H20F3N5O3. The van der Waals surface area contributed by atoms with Gasteiger partial charge in [0, 0.05) is 17.0 Å². The van der Waals surface area contributed by atoms with Crippen LogP contribution in [-0.2, 0) is 10.9 Å². The Labute approximate surface area is 197 Å². The fourth-order valence-corrected chi connectivity index (χ4v) is 3.65. The standard InChI is InChI=1S/C24H20F3N5O3/c1-23(12-34-13-23)14-35-21-8-4-7-19(29-21)30-22(33)18-11-28-20-10-9-17(31-32(18)20)15-5-2-3-6-16(15)24(25,26)27/h2-11H,12-14H2,1H3,(H,29,30,33). The molecule has 1 aliphatic rings. The highest BCUT2D eigenvalue weighted by molar-refractivity contribution is 6.02. The maximum Gasteiger partial charge on any atom is 0.417 e. The van der Waals surface area contributed by atoms with E-state index in [1.807, 2.05) is 6.92 Å². The van der Waals surface area contributed by atoms with Gasteiger partial charge in [-0.15, -0.1) is 0 Å². The minimum atomic E-state index is -4.55. The van der Waals surface area contributed by atoms with Crippen LogP contribution in [0.1, 0.15) is 23.0 Å². The maximum absolute atomic E-state index is 13.5. The molecule has 5 rings (SSSR count). The molecule has 0 aliphatic carbocycles. The average molecular weight is 483 g/mol. The molecule has 0 atom stereocenters. The Bertz CT molecular complexity index is 1400. The first-order valence-corrected chi connectivity index (χ1v) is 10.7. The van der Waals surface area contributed by atoms with Gasteiger partial charge in [-0.1, -0.05) is 31.2 Å². The normalized spacial score (nSPS) is 15.0. The zero-order chi connectivity index (χ0) is 24.6. The molecule has 180 valence electrons. The second kappa shape index (κ2) is 8.66. The molecule has 0 bridgehead atoms. The van der Waals surface area contributed by atoms with Crippen LogP contribution in [0.25, 0.3) is 16.9 Å². The lowest BCUT2D eigenvalue weighted by molar-refractivity contribution is -0.137. The number of nitrogens with zero attached hydrogens (tertiary/aromatic N) is 4. The number of benzene rings is 1. The van der Waals surface area contributed by atoms with E-state index in [0.717, 1.165) is 6.07 Å². The van der Waals surface area contributed by atoms with E-state index in [9.17, 15) is 18.0 Å². The number of halogens is 3. The number of fused-ring (bicyclic) bond motifs is 1. The number of anilines is 1. The van der Waals surface area contributed by atoms with Crippen molar-refractivity contribution in [3.63, 3.8) is 0 Å². The molecule has 1 aliphatic heterocycles. The van der Waals surface area contributed by atoms with Crippen molar-refractivity contribution in [2.75, 3.05) is 25.1 Å². The third kappa shape index (κ3) is 4.67. The lowest BCUT2D eigenvalue weighted by Crippen LogP contribution is -2.44. The Morgan fingerprint density at radius 3 is 2.69 bits per heavy atom. The summed E-state index contributed by atoms with van der Waals surface area (Å²) in [7, 11) is 0. The topological polar surface area (TPSA) is 90.6 Å².